The van der Waals surface area contributed by atoms with Crippen molar-refractivity contribution in [3.8, 4) is 17.6 Å². The van der Waals surface area contributed by atoms with E-state index in [1.165, 1.54) is 6.33 Å². The molecule has 20 heavy (non-hydrogen) atoms. The highest BCUT2D eigenvalue weighted by molar-refractivity contribution is 6.30. The average Bonchev–Trinajstić information content (AvgIpc) is 2.93. The molecule has 0 fully saturated rings. The quantitative estimate of drug-likeness (QED) is 0.693. The Morgan fingerprint density at radius 1 is 1.10 bits per heavy atom. The van der Waals surface area contributed by atoms with Gasteiger partial charge in [0.25, 0.3) is 0 Å². The Balaban J connectivity index is 1.86. The van der Waals surface area contributed by atoms with Crippen LogP contribution in [0.2, 0.25) is 5.15 Å². The third-order valence-corrected chi connectivity index (χ3v) is 3.04. The van der Waals surface area contributed by atoms with E-state index in [-0.39, 0.29) is 6.01 Å². The summed E-state index contributed by atoms with van der Waals surface area (Å²) in [5.74, 6) is 0.343. The number of benzene rings is 1. The number of nitrogens with zero attached hydrogens (tertiary/aromatic N) is 5. The third-order valence-electron chi connectivity index (χ3n) is 2.66. The predicted molar refractivity (Wildman–Crippen MR) is 73.2 cm³/mol. The molecule has 0 bridgehead atoms. The first kappa shape index (κ1) is 12.6. The number of hydrogen-bond acceptors (Lipinski definition) is 5. The SMILES string of the molecule is Cc1c(Cl)ncnc1Oc1ncn(-c2ccccc2)n1. The molecule has 1 aromatic carbocycles. The maximum atomic E-state index is 5.90. The summed E-state index contributed by atoms with van der Waals surface area (Å²) in [4.78, 5) is 12.0. The number of hydrogen-bond donors (Lipinski definition) is 0. The van der Waals surface area contributed by atoms with E-state index in [0.717, 1.165) is 5.69 Å². The molecule has 0 aliphatic rings. The molecule has 6 nitrogen and oxygen atoms in total. The number of aromatic nitrogens is 5. The lowest BCUT2D eigenvalue weighted by Gasteiger charge is -2.03. The molecule has 0 amide bonds. The normalized spacial score (nSPS) is 10.5. The first-order valence-electron chi connectivity index (χ1n) is 5.86. The summed E-state index contributed by atoms with van der Waals surface area (Å²) in [6.45, 7) is 1.77. The van der Waals surface area contributed by atoms with Crippen molar-refractivity contribution in [3.05, 3.63) is 53.7 Å². The van der Waals surface area contributed by atoms with E-state index < -0.39 is 0 Å². The van der Waals surface area contributed by atoms with Crippen molar-refractivity contribution in [1.82, 2.24) is 24.7 Å². The van der Waals surface area contributed by atoms with E-state index >= 15 is 0 Å². The van der Waals surface area contributed by atoms with Crippen LogP contribution >= 0.6 is 11.6 Å². The highest BCUT2D eigenvalue weighted by Gasteiger charge is 2.10. The van der Waals surface area contributed by atoms with Crippen molar-refractivity contribution in [2.24, 2.45) is 0 Å². The second kappa shape index (κ2) is 5.26. The Morgan fingerprint density at radius 3 is 2.70 bits per heavy atom. The maximum Gasteiger partial charge on any atom is 0.342 e. The number of halogens is 1. The van der Waals surface area contributed by atoms with Crippen molar-refractivity contribution >= 4 is 11.6 Å². The summed E-state index contributed by atoms with van der Waals surface area (Å²) in [5.41, 5.74) is 1.54. The standard InChI is InChI=1S/C13H10ClN5O/c1-9-11(14)15-7-16-12(9)20-13-17-8-19(18-13)10-5-3-2-4-6-10/h2-8H,1H3. The van der Waals surface area contributed by atoms with Crippen molar-refractivity contribution in [3.63, 3.8) is 0 Å². The largest absolute Gasteiger partial charge is 0.404 e. The molecule has 2 aromatic heterocycles. The second-order valence-electron chi connectivity index (χ2n) is 4.00. The van der Waals surface area contributed by atoms with Crippen LogP contribution in [0, 0.1) is 6.92 Å². The fraction of sp³-hybridized carbons (Fsp3) is 0.0769. The van der Waals surface area contributed by atoms with Gasteiger partial charge < -0.3 is 4.74 Å². The minimum Gasteiger partial charge on any atom is -0.404 e. The van der Waals surface area contributed by atoms with Crippen LogP contribution in [0.25, 0.3) is 5.69 Å². The van der Waals surface area contributed by atoms with Crippen molar-refractivity contribution in [1.29, 1.82) is 0 Å². The van der Waals surface area contributed by atoms with Gasteiger partial charge in [-0.2, -0.15) is 4.98 Å². The molecule has 2 heterocycles. The van der Waals surface area contributed by atoms with Crippen LogP contribution in [0.5, 0.6) is 11.9 Å². The minimum absolute atomic E-state index is 0.201. The maximum absolute atomic E-state index is 5.90. The van der Waals surface area contributed by atoms with Crippen LogP contribution in [-0.2, 0) is 0 Å². The molecule has 3 rings (SSSR count). The molecule has 0 saturated carbocycles. The zero-order valence-corrected chi connectivity index (χ0v) is 11.3. The van der Waals surface area contributed by atoms with Crippen LogP contribution < -0.4 is 4.74 Å². The van der Waals surface area contributed by atoms with Gasteiger partial charge in [-0.3, -0.25) is 0 Å². The predicted octanol–water partition coefficient (Wildman–Crippen LogP) is 2.81. The molecule has 7 heteroatoms. The van der Waals surface area contributed by atoms with Crippen molar-refractivity contribution in [2.75, 3.05) is 0 Å². The van der Waals surface area contributed by atoms with Gasteiger partial charge >= 0.3 is 6.01 Å². The van der Waals surface area contributed by atoms with Gasteiger partial charge in [0.15, 0.2) is 0 Å². The lowest BCUT2D eigenvalue weighted by atomic mass is 10.3. The highest BCUT2D eigenvalue weighted by atomic mass is 35.5. The Labute approximate surface area is 120 Å². The summed E-state index contributed by atoms with van der Waals surface area (Å²) in [5, 5.41) is 4.57. The van der Waals surface area contributed by atoms with Crippen LogP contribution in [0.15, 0.2) is 43.0 Å². The molecule has 0 N–H and O–H groups in total. The van der Waals surface area contributed by atoms with Crippen molar-refractivity contribution in [2.45, 2.75) is 6.92 Å². The summed E-state index contributed by atoms with van der Waals surface area (Å²) in [6, 6.07) is 9.82. The fourth-order valence-corrected chi connectivity index (χ4v) is 1.73. The Bertz CT molecular complexity index is 729. The summed E-state index contributed by atoms with van der Waals surface area (Å²) in [6.07, 6.45) is 2.90. The van der Waals surface area contributed by atoms with Crippen molar-refractivity contribution < 1.29 is 4.74 Å². The van der Waals surface area contributed by atoms with E-state index in [0.29, 0.717) is 16.6 Å². The highest BCUT2D eigenvalue weighted by Crippen LogP contribution is 2.23. The van der Waals surface area contributed by atoms with Gasteiger partial charge in [0, 0.05) is 5.56 Å². The smallest absolute Gasteiger partial charge is 0.342 e. The molecule has 100 valence electrons. The second-order valence-corrected chi connectivity index (χ2v) is 4.36. The fourth-order valence-electron chi connectivity index (χ4n) is 1.60. The van der Waals surface area contributed by atoms with Crippen LogP contribution in [0.1, 0.15) is 5.56 Å². The van der Waals surface area contributed by atoms with Gasteiger partial charge in [-0.05, 0) is 19.1 Å². The molecule has 3 aromatic rings. The van der Waals surface area contributed by atoms with Gasteiger partial charge in [-0.15, -0.1) is 5.10 Å². The molecule has 0 saturated heterocycles. The topological polar surface area (TPSA) is 65.7 Å². The van der Waals surface area contributed by atoms with Gasteiger partial charge in [-0.1, -0.05) is 29.8 Å². The van der Waals surface area contributed by atoms with Gasteiger partial charge in [0.1, 0.15) is 17.8 Å². The first-order valence-corrected chi connectivity index (χ1v) is 6.24. The third kappa shape index (κ3) is 2.46. The molecule has 0 aliphatic carbocycles. The van der Waals surface area contributed by atoms with Crippen LogP contribution in [0.3, 0.4) is 0 Å². The molecule has 0 unspecified atom stereocenters. The summed E-state index contributed by atoms with van der Waals surface area (Å²) in [7, 11) is 0. The lowest BCUT2D eigenvalue weighted by Crippen LogP contribution is -1.97. The zero-order valence-electron chi connectivity index (χ0n) is 10.6. The number of rotatable bonds is 3. The molecule has 0 atom stereocenters. The van der Waals surface area contributed by atoms with Crippen LogP contribution in [0.4, 0.5) is 0 Å². The Hall–Kier alpha value is -2.47. The van der Waals surface area contributed by atoms with Gasteiger partial charge in [0.2, 0.25) is 5.88 Å². The van der Waals surface area contributed by atoms with Gasteiger partial charge in [0.05, 0.1) is 5.69 Å². The molecule has 0 spiro atoms. The van der Waals surface area contributed by atoms with E-state index in [1.54, 1.807) is 17.9 Å². The summed E-state index contributed by atoms with van der Waals surface area (Å²) < 4.78 is 7.13. The Morgan fingerprint density at radius 2 is 1.90 bits per heavy atom. The zero-order chi connectivity index (χ0) is 13.9. The van der Waals surface area contributed by atoms with E-state index in [9.17, 15) is 0 Å². The number of ether oxygens (including phenoxy) is 1. The molecular formula is C13H10ClN5O. The Kier molecular flexibility index (Phi) is 3.30. The van der Waals surface area contributed by atoms with Crippen LogP contribution in [-0.4, -0.2) is 24.7 Å². The first-order chi connectivity index (χ1) is 9.74. The minimum atomic E-state index is 0.201. The monoisotopic (exact) mass is 287 g/mol. The molecule has 0 radical (unpaired) electrons. The van der Waals surface area contributed by atoms with E-state index in [1.807, 2.05) is 30.3 Å². The molecule has 0 aliphatic heterocycles. The number of para-hydroxylation sites is 1. The lowest BCUT2D eigenvalue weighted by molar-refractivity contribution is 0.420. The average molecular weight is 288 g/mol. The van der Waals surface area contributed by atoms with E-state index in [4.69, 9.17) is 16.3 Å². The van der Waals surface area contributed by atoms with Gasteiger partial charge in [-0.25, -0.2) is 14.6 Å². The molecular weight excluding hydrogens is 278 g/mol. The van der Waals surface area contributed by atoms with E-state index in [2.05, 4.69) is 20.1 Å². The summed E-state index contributed by atoms with van der Waals surface area (Å²) >= 11 is 5.90.